The molecular formula is C11H9BrClFN2. The molecule has 0 radical (unpaired) electrons. The number of halogens is 3. The average molecular weight is 304 g/mol. The van der Waals surface area contributed by atoms with E-state index in [1.54, 1.807) is 16.8 Å². The van der Waals surface area contributed by atoms with Crippen molar-refractivity contribution >= 4 is 27.5 Å². The highest BCUT2D eigenvalue weighted by molar-refractivity contribution is 9.10. The van der Waals surface area contributed by atoms with Crippen molar-refractivity contribution in [2.75, 3.05) is 0 Å². The summed E-state index contributed by atoms with van der Waals surface area (Å²) >= 11 is 9.22. The Morgan fingerprint density at radius 1 is 1.44 bits per heavy atom. The van der Waals surface area contributed by atoms with Gasteiger partial charge < -0.3 is 0 Å². The molecule has 0 atom stereocenters. The lowest BCUT2D eigenvalue weighted by molar-refractivity contribution is 0.628. The van der Waals surface area contributed by atoms with Gasteiger partial charge in [-0.15, -0.1) is 0 Å². The van der Waals surface area contributed by atoms with E-state index >= 15 is 0 Å². The molecular weight excluding hydrogens is 294 g/mol. The van der Waals surface area contributed by atoms with Crippen molar-refractivity contribution < 1.29 is 4.39 Å². The molecule has 0 aliphatic rings. The summed E-state index contributed by atoms with van der Waals surface area (Å²) in [7, 11) is 1.84. The molecule has 2 nitrogen and oxygen atoms in total. The molecule has 0 aliphatic heterocycles. The van der Waals surface area contributed by atoms with Crippen molar-refractivity contribution in [1.29, 1.82) is 0 Å². The molecule has 2 rings (SSSR count). The lowest BCUT2D eigenvalue weighted by Gasteiger charge is -2.04. The molecule has 1 heterocycles. The molecule has 0 amide bonds. The van der Waals surface area contributed by atoms with Crippen molar-refractivity contribution in [3.63, 3.8) is 0 Å². The van der Waals surface area contributed by atoms with Crippen molar-refractivity contribution in [1.82, 2.24) is 9.78 Å². The van der Waals surface area contributed by atoms with E-state index in [0.29, 0.717) is 0 Å². The van der Waals surface area contributed by atoms with E-state index in [0.717, 1.165) is 21.4 Å². The SMILES string of the molecule is Cc1nn(C)c(-c2ccc(F)c(Cl)c2)c1Br. The van der Waals surface area contributed by atoms with Crippen LogP contribution in [0.5, 0.6) is 0 Å². The molecule has 0 saturated carbocycles. The van der Waals surface area contributed by atoms with Crippen molar-refractivity contribution in [2.45, 2.75) is 6.92 Å². The number of rotatable bonds is 1. The van der Waals surface area contributed by atoms with E-state index < -0.39 is 5.82 Å². The van der Waals surface area contributed by atoms with Crippen LogP contribution in [0.2, 0.25) is 5.02 Å². The molecule has 0 saturated heterocycles. The summed E-state index contributed by atoms with van der Waals surface area (Å²) in [5, 5.41) is 4.39. The fourth-order valence-corrected chi connectivity index (χ4v) is 2.33. The van der Waals surface area contributed by atoms with E-state index in [4.69, 9.17) is 11.6 Å². The fraction of sp³-hybridized carbons (Fsp3) is 0.182. The maximum atomic E-state index is 13.1. The predicted molar refractivity (Wildman–Crippen MR) is 66.0 cm³/mol. The lowest BCUT2D eigenvalue weighted by Crippen LogP contribution is -1.94. The summed E-state index contributed by atoms with van der Waals surface area (Å²) < 4.78 is 15.7. The van der Waals surface area contributed by atoms with Crippen LogP contribution in [-0.2, 0) is 7.05 Å². The van der Waals surface area contributed by atoms with E-state index in [1.165, 1.54) is 6.07 Å². The minimum Gasteiger partial charge on any atom is -0.266 e. The zero-order valence-electron chi connectivity index (χ0n) is 8.76. The van der Waals surface area contributed by atoms with E-state index in [2.05, 4.69) is 21.0 Å². The Bertz CT molecular complexity index is 551. The third kappa shape index (κ3) is 1.87. The smallest absolute Gasteiger partial charge is 0.141 e. The molecule has 2 aromatic rings. The van der Waals surface area contributed by atoms with Gasteiger partial charge in [0.05, 0.1) is 20.9 Å². The predicted octanol–water partition coefficient (Wildman–Crippen LogP) is 3.95. The molecule has 84 valence electrons. The lowest BCUT2D eigenvalue weighted by atomic mass is 10.1. The first-order chi connectivity index (χ1) is 7.50. The second kappa shape index (κ2) is 4.18. The minimum absolute atomic E-state index is 0.114. The van der Waals surface area contributed by atoms with Crippen LogP contribution in [0.1, 0.15) is 5.69 Å². The molecule has 1 aromatic carbocycles. The normalized spacial score (nSPS) is 10.8. The Hall–Kier alpha value is -0.870. The fourth-order valence-electron chi connectivity index (χ4n) is 1.59. The number of aromatic nitrogens is 2. The Kier molecular flexibility index (Phi) is 3.04. The Labute approximate surface area is 106 Å². The first-order valence-electron chi connectivity index (χ1n) is 4.65. The van der Waals surface area contributed by atoms with Crippen molar-refractivity contribution in [3.05, 3.63) is 39.2 Å². The minimum atomic E-state index is -0.416. The van der Waals surface area contributed by atoms with Gasteiger partial charge in [0.25, 0.3) is 0 Å². The number of hydrogen-bond acceptors (Lipinski definition) is 1. The maximum Gasteiger partial charge on any atom is 0.141 e. The van der Waals surface area contributed by atoms with Crippen molar-refractivity contribution in [2.24, 2.45) is 7.05 Å². The van der Waals surface area contributed by atoms with Gasteiger partial charge in [0.2, 0.25) is 0 Å². The van der Waals surface area contributed by atoms with Crippen LogP contribution in [-0.4, -0.2) is 9.78 Å². The van der Waals surface area contributed by atoms with Crippen LogP contribution in [0.15, 0.2) is 22.7 Å². The first kappa shape index (κ1) is 11.6. The molecule has 5 heteroatoms. The molecule has 0 fully saturated rings. The zero-order chi connectivity index (χ0) is 11.9. The van der Waals surface area contributed by atoms with Crippen molar-refractivity contribution in [3.8, 4) is 11.3 Å². The molecule has 1 aromatic heterocycles. The average Bonchev–Trinajstić information content (AvgIpc) is 2.47. The third-order valence-electron chi connectivity index (χ3n) is 2.34. The van der Waals surface area contributed by atoms with E-state index in [9.17, 15) is 4.39 Å². The van der Waals surface area contributed by atoms with Gasteiger partial charge in [-0.3, -0.25) is 4.68 Å². The molecule has 0 aliphatic carbocycles. The summed E-state index contributed by atoms with van der Waals surface area (Å²) in [6.45, 7) is 1.90. The Balaban J connectivity index is 2.63. The number of aryl methyl sites for hydroxylation is 2. The highest BCUT2D eigenvalue weighted by Gasteiger charge is 2.13. The highest BCUT2D eigenvalue weighted by atomic mass is 79.9. The standard InChI is InChI=1S/C11H9BrClFN2/c1-6-10(12)11(16(2)15-6)7-3-4-9(14)8(13)5-7/h3-5H,1-2H3. The monoisotopic (exact) mass is 302 g/mol. The third-order valence-corrected chi connectivity index (χ3v) is 3.58. The zero-order valence-corrected chi connectivity index (χ0v) is 11.1. The molecule has 0 spiro atoms. The van der Waals surface area contributed by atoms with E-state index in [1.807, 2.05) is 14.0 Å². The van der Waals surface area contributed by atoms with Crippen LogP contribution in [0.4, 0.5) is 4.39 Å². The van der Waals surface area contributed by atoms with Gasteiger partial charge in [0, 0.05) is 12.6 Å². The van der Waals surface area contributed by atoms with Crippen LogP contribution in [0.25, 0.3) is 11.3 Å². The van der Waals surface area contributed by atoms with Gasteiger partial charge in [-0.2, -0.15) is 5.10 Å². The van der Waals surface area contributed by atoms with Gasteiger partial charge in [0.15, 0.2) is 0 Å². The van der Waals surface area contributed by atoms with Crippen LogP contribution >= 0.6 is 27.5 Å². The van der Waals surface area contributed by atoms with Gasteiger partial charge in [-0.1, -0.05) is 11.6 Å². The van der Waals surface area contributed by atoms with Crippen LogP contribution < -0.4 is 0 Å². The molecule has 0 N–H and O–H groups in total. The van der Waals surface area contributed by atoms with Gasteiger partial charge in [0.1, 0.15) is 5.82 Å². The summed E-state index contributed by atoms with van der Waals surface area (Å²) in [4.78, 5) is 0. The largest absolute Gasteiger partial charge is 0.266 e. The number of nitrogens with zero attached hydrogens (tertiary/aromatic N) is 2. The molecule has 0 unspecified atom stereocenters. The summed E-state index contributed by atoms with van der Waals surface area (Å²) in [5.41, 5.74) is 2.61. The Morgan fingerprint density at radius 3 is 2.62 bits per heavy atom. The van der Waals surface area contributed by atoms with Crippen LogP contribution in [0, 0.1) is 12.7 Å². The molecule has 0 bridgehead atoms. The highest BCUT2D eigenvalue weighted by Crippen LogP contribution is 2.32. The first-order valence-corrected chi connectivity index (χ1v) is 5.82. The summed E-state index contributed by atoms with van der Waals surface area (Å²) in [5.74, 6) is -0.416. The van der Waals surface area contributed by atoms with Gasteiger partial charge >= 0.3 is 0 Å². The van der Waals surface area contributed by atoms with E-state index in [-0.39, 0.29) is 5.02 Å². The second-order valence-corrected chi connectivity index (χ2v) is 4.70. The number of hydrogen-bond donors (Lipinski definition) is 0. The van der Waals surface area contributed by atoms with Gasteiger partial charge in [-0.05, 0) is 41.1 Å². The van der Waals surface area contributed by atoms with Crippen LogP contribution in [0.3, 0.4) is 0 Å². The topological polar surface area (TPSA) is 17.8 Å². The summed E-state index contributed by atoms with van der Waals surface area (Å²) in [6.07, 6.45) is 0. The van der Waals surface area contributed by atoms with Gasteiger partial charge in [-0.25, -0.2) is 4.39 Å². The maximum absolute atomic E-state index is 13.1. The number of benzene rings is 1. The summed E-state index contributed by atoms with van der Waals surface area (Å²) in [6, 6.07) is 4.63. The quantitative estimate of drug-likeness (QED) is 0.780. The second-order valence-electron chi connectivity index (χ2n) is 3.50. The molecule has 16 heavy (non-hydrogen) atoms. The Morgan fingerprint density at radius 2 is 2.12 bits per heavy atom.